The molecule has 0 fully saturated rings. The average Bonchev–Trinajstić information content (AvgIpc) is 3.27. The number of carbonyl (C=O) groups is 2. The van der Waals surface area contributed by atoms with Gasteiger partial charge in [-0.1, -0.05) is 24.3 Å². The van der Waals surface area contributed by atoms with E-state index in [9.17, 15) is 18.4 Å². The molecular formula is C21H18F2N2O4S2. The van der Waals surface area contributed by atoms with Crippen LogP contribution in [0.2, 0.25) is 0 Å². The Morgan fingerprint density at radius 3 is 2.65 bits per heavy atom. The lowest BCUT2D eigenvalue weighted by molar-refractivity contribution is -0.123. The zero-order valence-electron chi connectivity index (χ0n) is 16.3. The van der Waals surface area contributed by atoms with E-state index < -0.39 is 24.6 Å². The molecule has 3 rings (SSSR count). The molecule has 0 spiro atoms. The van der Waals surface area contributed by atoms with Gasteiger partial charge in [0.15, 0.2) is 6.10 Å². The summed E-state index contributed by atoms with van der Waals surface area (Å²) in [5.41, 5.74) is 3.01. The van der Waals surface area contributed by atoms with Crippen molar-refractivity contribution in [3.63, 3.8) is 0 Å². The summed E-state index contributed by atoms with van der Waals surface area (Å²) >= 11 is 2.92. The summed E-state index contributed by atoms with van der Waals surface area (Å²) in [7, 11) is 0. The van der Waals surface area contributed by atoms with Crippen LogP contribution in [0.1, 0.15) is 23.0 Å². The fourth-order valence-corrected chi connectivity index (χ4v) is 4.11. The lowest BCUT2D eigenvalue weighted by Crippen LogP contribution is -2.30. The van der Waals surface area contributed by atoms with Gasteiger partial charge in [-0.25, -0.2) is 9.78 Å². The third-order valence-corrected chi connectivity index (χ3v) is 5.72. The number of thioether (sulfide) groups is 1. The summed E-state index contributed by atoms with van der Waals surface area (Å²) in [6.45, 7) is -1.64. The number of alkyl halides is 2. The number of anilines is 1. The van der Waals surface area contributed by atoms with Gasteiger partial charge in [-0.3, -0.25) is 4.79 Å². The number of halogens is 2. The molecule has 0 saturated carbocycles. The van der Waals surface area contributed by atoms with E-state index in [1.54, 1.807) is 35.8 Å². The second-order valence-electron chi connectivity index (χ2n) is 6.18. The van der Waals surface area contributed by atoms with Crippen LogP contribution in [0.15, 0.2) is 64.3 Å². The summed E-state index contributed by atoms with van der Waals surface area (Å²) < 4.78 is 34.8. The predicted octanol–water partition coefficient (Wildman–Crippen LogP) is 5.22. The summed E-state index contributed by atoms with van der Waals surface area (Å²) in [5, 5.41) is 4.37. The van der Waals surface area contributed by atoms with Gasteiger partial charge in [0.05, 0.1) is 22.5 Å². The molecule has 1 N–H and O–H groups in total. The highest BCUT2D eigenvalue weighted by Crippen LogP contribution is 2.28. The first-order chi connectivity index (χ1) is 14.9. The molecule has 1 aromatic heterocycles. The zero-order valence-corrected chi connectivity index (χ0v) is 17.9. The Morgan fingerprint density at radius 2 is 1.90 bits per heavy atom. The maximum absolute atomic E-state index is 12.7. The molecule has 1 amide bonds. The number of para-hydroxylation sites is 2. The maximum Gasteiger partial charge on any atom is 0.387 e. The number of benzene rings is 2. The van der Waals surface area contributed by atoms with Crippen molar-refractivity contribution in [2.75, 3.05) is 5.32 Å². The molecule has 0 aliphatic heterocycles. The molecule has 10 heteroatoms. The predicted molar refractivity (Wildman–Crippen MR) is 115 cm³/mol. The zero-order chi connectivity index (χ0) is 22.2. The van der Waals surface area contributed by atoms with Gasteiger partial charge in [0.1, 0.15) is 5.75 Å². The normalized spacial score (nSPS) is 11.7. The van der Waals surface area contributed by atoms with E-state index in [4.69, 9.17) is 4.74 Å². The van der Waals surface area contributed by atoms with E-state index in [1.807, 2.05) is 5.38 Å². The summed E-state index contributed by atoms with van der Waals surface area (Å²) in [6.07, 6.45) is -1.16. The van der Waals surface area contributed by atoms with Gasteiger partial charge in [0.2, 0.25) is 0 Å². The second-order valence-corrected chi connectivity index (χ2v) is 7.91. The Morgan fingerprint density at radius 1 is 1.16 bits per heavy atom. The quantitative estimate of drug-likeness (QED) is 0.346. The third-order valence-electron chi connectivity index (χ3n) is 3.98. The van der Waals surface area contributed by atoms with Crippen LogP contribution in [0.3, 0.4) is 0 Å². The van der Waals surface area contributed by atoms with E-state index in [2.05, 4.69) is 15.0 Å². The summed E-state index contributed by atoms with van der Waals surface area (Å²) in [4.78, 5) is 30.0. The summed E-state index contributed by atoms with van der Waals surface area (Å²) in [6, 6.07) is 12.7. The number of rotatable bonds is 9. The first kappa shape index (κ1) is 22.7. The van der Waals surface area contributed by atoms with Crippen molar-refractivity contribution in [2.45, 2.75) is 30.3 Å². The largest absolute Gasteiger partial charge is 0.449 e. The van der Waals surface area contributed by atoms with E-state index >= 15 is 0 Å². The molecular weight excluding hydrogens is 446 g/mol. The van der Waals surface area contributed by atoms with Gasteiger partial charge >= 0.3 is 12.6 Å². The van der Waals surface area contributed by atoms with Crippen molar-refractivity contribution in [3.05, 3.63) is 70.7 Å². The molecule has 1 atom stereocenters. The second kappa shape index (κ2) is 10.9. The van der Waals surface area contributed by atoms with Crippen molar-refractivity contribution in [2.24, 2.45) is 0 Å². The molecule has 162 valence electrons. The van der Waals surface area contributed by atoms with Crippen LogP contribution in [0, 0.1) is 0 Å². The number of amides is 1. The lowest BCUT2D eigenvalue weighted by Gasteiger charge is -2.16. The molecule has 6 nitrogen and oxygen atoms in total. The van der Waals surface area contributed by atoms with Crippen LogP contribution in [-0.2, 0) is 15.3 Å². The van der Waals surface area contributed by atoms with E-state index in [0.717, 1.165) is 5.69 Å². The molecule has 0 radical (unpaired) electrons. The van der Waals surface area contributed by atoms with Crippen LogP contribution in [-0.4, -0.2) is 29.6 Å². The van der Waals surface area contributed by atoms with Gasteiger partial charge < -0.3 is 14.8 Å². The van der Waals surface area contributed by atoms with Crippen molar-refractivity contribution in [1.82, 2.24) is 4.98 Å². The molecule has 0 aliphatic carbocycles. The SMILES string of the molecule is CC(OC(=O)c1ccccc1SCc1cscn1)C(=O)Nc1ccccc1OC(F)F. The van der Waals surface area contributed by atoms with Crippen molar-refractivity contribution >= 4 is 40.7 Å². The molecule has 1 heterocycles. The van der Waals surface area contributed by atoms with Crippen LogP contribution >= 0.6 is 23.1 Å². The highest BCUT2D eigenvalue weighted by atomic mass is 32.2. The standard InChI is InChI=1S/C21H18F2N2O4S2/c1-13(19(26)25-16-7-3-4-8-17(16)29-21(22)23)28-20(27)15-6-2-5-9-18(15)31-11-14-10-30-12-24-14/h2-10,12-13,21H,11H2,1H3,(H,25,26). The van der Waals surface area contributed by atoms with Crippen LogP contribution in [0.5, 0.6) is 5.75 Å². The monoisotopic (exact) mass is 464 g/mol. The first-order valence-electron chi connectivity index (χ1n) is 9.08. The Hall–Kier alpha value is -2.98. The fourth-order valence-electron chi connectivity index (χ4n) is 2.50. The summed E-state index contributed by atoms with van der Waals surface area (Å²) in [5.74, 6) is -0.939. The minimum atomic E-state index is -3.04. The lowest BCUT2D eigenvalue weighted by atomic mass is 10.2. The number of aromatic nitrogens is 1. The number of nitrogens with one attached hydrogen (secondary N) is 1. The highest BCUT2D eigenvalue weighted by molar-refractivity contribution is 7.98. The van der Waals surface area contributed by atoms with Crippen molar-refractivity contribution in [1.29, 1.82) is 0 Å². The van der Waals surface area contributed by atoms with E-state index in [-0.39, 0.29) is 11.4 Å². The molecule has 0 bridgehead atoms. The molecule has 0 aliphatic rings. The smallest absolute Gasteiger partial charge is 0.387 e. The van der Waals surface area contributed by atoms with Crippen LogP contribution in [0.4, 0.5) is 14.5 Å². The van der Waals surface area contributed by atoms with Gasteiger partial charge in [0.25, 0.3) is 5.91 Å². The number of ether oxygens (including phenoxy) is 2. The number of hydrogen-bond acceptors (Lipinski definition) is 7. The van der Waals surface area contributed by atoms with Gasteiger partial charge in [-0.05, 0) is 31.2 Å². The Bertz CT molecular complexity index is 1030. The number of nitrogens with zero attached hydrogens (tertiary/aromatic N) is 1. The van der Waals surface area contributed by atoms with Crippen LogP contribution in [0.25, 0.3) is 0 Å². The molecule has 1 unspecified atom stereocenters. The van der Waals surface area contributed by atoms with Gasteiger partial charge in [-0.15, -0.1) is 23.1 Å². The van der Waals surface area contributed by atoms with E-state index in [1.165, 1.54) is 48.2 Å². The minimum Gasteiger partial charge on any atom is -0.449 e. The number of hydrogen-bond donors (Lipinski definition) is 1. The molecule has 0 saturated heterocycles. The molecule has 2 aromatic carbocycles. The van der Waals surface area contributed by atoms with Gasteiger partial charge in [-0.2, -0.15) is 8.78 Å². The molecule has 3 aromatic rings. The fraction of sp³-hybridized carbons (Fsp3) is 0.190. The molecule has 31 heavy (non-hydrogen) atoms. The number of esters is 1. The van der Waals surface area contributed by atoms with Gasteiger partial charge in [0, 0.05) is 16.0 Å². The van der Waals surface area contributed by atoms with E-state index in [0.29, 0.717) is 16.2 Å². The highest BCUT2D eigenvalue weighted by Gasteiger charge is 2.22. The Kier molecular flexibility index (Phi) is 7.96. The number of thiazole rings is 1. The minimum absolute atomic E-state index is 0.0508. The number of carbonyl (C=O) groups excluding carboxylic acids is 2. The average molecular weight is 465 g/mol. The van der Waals surface area contributed by atoms with Crippen molar-refractivity contribution < 1.29 is 27.8 Å². The Labute approximate surface area is 185 Å². The van der Waals surface area contributed by atoms with Crippen molar-refractivity contribution in [3.8, 4) is 5.75 Å². The maximum atomic E-state index is 12.7. The van der Waals surface area contributed by atoms with Crippen LogP contribution < -0.4 is 10.1 Å². The Balaban J connectivity index is 1.64. The topological polar surface area (TPSA) is 77.5 Å². The third kappa shape index (κ3) is 6.50. The first-order valence-corrected chi connectivity index (χ1v) is 11.0.